The second-order valence-corrected chi connectivity index (χ2v) is 8.33. The van der Waals surface area contributed by atoms with Crippen molar-refractivity contribution in [1.82, 2.24) is 5.32 Å². The van der Waals surface area contributed by atoms with E-state index in [9.17, 15) is 9.59 Å². The normalized spacial score (nSPS) is 10.9. The molecule has 0 unspecified atom stereocenters. The van der Waals surface area contributed by atoms with Crippen molar-refractivity contribution in [2.45, 2.75) is 32.7 Å². The van der Waals surface area contributed by atoms with Crippen LogP contribution in [-0.4, -0.2) is 18.4 Å². The van der Waals surface area contributed by atoms with Gasteiger partial charge >= 0.3 is 0 Å². The quantitative estimate of drug-likeness (QED) is 0.574. The van der Waals surface area contributed by atoms with Crippen LogP contribution in [0.15, 0.2) is 78.9 Å². The maximum absolute atomic E-state index is 12.6. The molecule has 2 N–H and O–H groups in total. The van der Waals surface area contributed by atoms with Crippen LogP contribution in [0.3, 0.4) is 0 Å². The van der Waals surface area contributed by atoms with Gasteiger partial charge in [-0.2, -0.15) is 0 Å². The van der Waals surface area contributed by atoms with Crippen molar-refractivity contribution < 1.29 is 14.3 Å². The van der Waals surface area contributed by atoms with E-state index in [-0.39, 0.29) is 23.8 Å². The van der Waals surface area contributed by atoms with Crippen LogP contribution in [0.2, 0.25) is 0 Å². The Morgan fingerprint density at radius 1 is 0.839 bits per heavy atom. The van der Waals surface area contributed by atoms with E-state index in [0.717, 1.165) is 5.56 Å². The van der Waals surface area contributed by atoms with Gasteiger partial charge in [-0.15, -0.1) is 0 Å². The lowest BCUT2D eigenvalue weighted by molar-refractivity contribution is -0.118. The molecule has 3 aromatic carbocycles. The predicted octanol–water partition coefficient (Wildman–Crippen LogP) is 4.93. The number of nitrogens with one attached hydrogen (secondary N) is 2. The van der Waals surface area contributed by atoms with Gasteiger partial charge in [-0.3, -0.25) is 9.59 Å². The highest BCUT2D eigenvalue weighted by atomic mass is 16.5. The SMILES string of the molecule is CC(C)(C)c1ccc(NC(=O)COc2ccccc2C(=O)NCc2ccccc2)cc1. The molecule has 0 spiro atoms. The Morgan fingerprint density at radius 2 is 1.48 bits per heavy atom. The van der Waals surface area contributed by atoms with Gasteiger partial charge in [0.25, 0.3) is 11.8 Å². The van der Waals surface area contributed by atoms with Gasteiger partial charge in [0.2, 0.25) is 0 Å². The van der Waals surface area contributed by atoms with Gasteiger partial charge in [0, 0.05) is 12.2 Å². The number of anilines is 1. The van der Waals surface area contributed by atoms with Gasteiger partial charge in [-0.25, -0.2) is 0 Å². The van der Waals surface area contributed by atoms with Crippen molar-refractivity contribution in [3.05, 3.63) is 95.6 Å². The van der Waals surface area contributed by atoms with Gasteiger partial charge in [0.05, 0.1) is 5.56 Å². The third-order valence-electron chi connectivity index (χ3n) is 4.82. The maximum Gasteiger partial charge on any atom is 0.262 e. The highest BCUT2D eigenvalue weighted by Gasteiger charge is 2.15. The van der Waals surface area contributed by atoms with Crippen molar-refractivity contribution in [2.24, 2.45) is 0 Å². The molecule has 31 heavy (non-hydrogen) atoms. The van der Waals surface area contributed by atoms with E-state index >= 15 is 0 Å². The molecule has 0 radical (unpaired) electrons. The van der Waals surface area contributed by atoms with Crippen LogP contribution >= 0.6 is 0 Å². The standard InChI is InChI=1S/C26H28N2O3/c1-26(2,3)20-13-15-21(16-14-20)28-24(29)18-31-23-12-8-7-11-22(23)25(30)27-17-19-9-5-4-6-10-19/h4-16H,17-18H2,1-3H3,(H,27,30)(H,28,29). The molecular formula is C26H28N2O3. The summed E-state index contributed by atoms with van der Waals surface area (Å²) < 4.78 is 5.65. The Labute approximate surface area is 183 Å². The summed E-state index contributed by atoms with van der Waals surface area (Å²) in [7, 11) is 0. The molecule has 5 heteroatoms. The van der Waals surface area contributed by atoms with Crippen LogP contribution in [-0.2, 0) is 16.8 Å². The van der Waals surface area contributed by atoms with E-state index < -0.39 is 0 Å². The van der Waals surface area contributed by atoms with Crippen LogP contribution in [0.25, 0.3) is 0 Å². The lowest BCUT2D eigenvalue weighted by Crippen LogP contribution is -2.25. The zero-order valence-electron chi connectivity index (χ0n) is 18.1. The summed E-state index contributed by atoms with van der Waals surface area (Å²) in [5, 5.41) is 5.70. The molecule has 5 nitrogen and oxygen atoms in total. The summed E-state index contributed by atoms with van der Waals surface area (Å²) in [5.74, 6) is -0.174. The van der Waals surface area contributed by atoms with Gasteiger partial charge in [-0.05, 0) is 40.8 Å². The number of amides is 2. The number of carbonyl (C=O) groups is 2. The molecule has 0 fully saturated rings. The molecule has 0 aromatic heterocycles. The highest BCUT2D eigenvalue weighted by Crippen LogP contribution is 2.23. The maximum atomic E-state index is 12.6. The van der Waals surface area contributed by atoms with Crippen molar-refractivity contribution in [1.29, 1.82) is 0 Å². The zero-order valence-corrected chi connectivity index (χ0v) is 18.1. The number of hydrogen-bond donors (Lipinski definition) is 2. The monoisotopic (exact) mass is 416 g/mol. The Hall–Kier alpha value is -3.60. The number of rotatable bonds is 7. The summed E-state index contributed by atoms with van der Waals surface area (Å²) in [6.07, 6.45) is 0. The fourth-order valence-corrected chi connectivity index (χ4v) is 3.05. The first kappa shape index (κ1) is 22.1. The summed E-state index contributed by atoms with van der Waals surface area (Å²) in [4.78, 5) is 24.9. The van der Waals surface area contributed by atoms with E-state index in [0.29, 0.717) is 23.5 Å². The average Bonchev–Trinajstić information content (AvgIpc) is 2.77. The second kappa shape index (κ2) is 9.94. The first-order valence-corrected chi connectivity index (χ1v) is 10.3. The lowest BCUT2D eigenvalue weighted by atomic mass is 9.87. The minimum absolute atomic E-state index is 0.0520. The van der Waals surface area contributed by atoms with Crippen molar-refractivity contribution in [2.75, 3.05) is 11.9 Å². The van der Waals surface area contributed by atoms with Crippen LogP contribution in [0, 0.1) is 0 Å². The molecule has 0 atom stereocenters. The first-order valence-electron chi connectivity index (χ1n) is 10.3. The third-order valence-corrected chi connectivity index (χ3v) is 4.82. The van der Waals surface area contributed by atoms with Crippen LogP contribution in [0.4, 0.5) is 5.69 Å². The molecule has 0 aliphatic carbocycles. The van der Waals surface area contributed by atoms with E-state index in [1.54, 1.807) is 24.3 Å². The van der Waals surface area contributed by atoms with Gasteiger partial charge in [0.1, 0.15) is 5.75 Å². The third kappa shape index (κ3) is 6.44. The van der Waals surface area contributed by atoms with Crippen molar-refractivity contribution in [3.63, 3.8) is 0 Å². The van der Waals surface area contributed by atoms with Crippen LogP contribution in [0.1, 0.15) is 42.3 Å². The average molecular weight is 417 g/mol. The smallest absolute Gasteiger partial charge is 0.262 e. The van der Waals surface area contributed by atoms with Crippen molar-refractivity contribution >= 4 is 17.5 Å². The number of hydrogen-bond acceptors (Lipinski definition) is 3. The summed E-state index contributed by atoms with van der Waals surface area (Å²) in [5.41, 5.74) is 3.34. The lowest BCUT2D eigenvalue weighted by Gasteiger charge is -2.19. The molecule has 0 bridgehead atoms. The Balaban J connectivity index is 1.56. The van der Waals surface area contributed by atoms with E-state index in [4.69, 9.17) is 4.74 Å². The molecule has 0 saturated heterocycles. The minimum atomic E-state index is -0.289. The summed E-state index contributed by atoms with van der Waals surface area (Å²) in [6, 6.07) is 24.3. The molecular weight excluding hydrogens is 388 g/mol. The number of carbonyl (C=O) groups excluding carboxylic acids is 2. The number of ether oxygens (including phenoxy) is 1. The molecule has 0 heterocycles. The zero-order chi connectivity index (χ0) is 22.3. The Morgan fingerprint density at radius 3 is 2.16 bits per heavy atom. The van der Waals surface area contributed by atoms with E-state index in [2.05, 4.69) is 31.4 Å². The van der Waals surface area contributed by atoms with Crippen molar-refractivity contribution in [3.8, 4) is 5.75 Å². The number of para-hydroxylation sites is 1. The topological polar surface area (TPSA) is 67.4 Å². The number of benzene rings is 3. The summed E-state index contributed by atoms with van der Waals surface area (Å²) >= 11 is 0. The predicted molar refractivity (Wildman–Crippen MR) is 123 cm³/mol. The highest BCUT2D eigenvalue weighted by molar-refractivity contribution is 5.97. The van der Waals surface area contributed by atoms with Crippen LogP contribution in [0.5, 0.6) is 5.75 Å². The Bertz CT molecular complexity index is 1020. The van der Waals surface area contributed by atoms with E-state index in [1.165, 1.54) is 5.56 Å². The summed E-state index contributed by atoms with van der Waals surface area (Å²) in [6.45, 7) is 6.65. The molecule has 3 aromatic rings. The largest absolute Gasteiger partial charge is 0.483 e. The molecule has 160 valence electrons. The molecule has 2 amide bonds. The molecule has 0 aliphatic rings. The van der Waals surface area contributed by atoms with Gasteiger partial charge < -0.3 is 15.4 Å². The van der Waals surface area contributed by atoms with Gasteiger partial charge in [0.15, 0.2) is 6.61 Å². The van der Waals surface area contributed by atoms with E-state index in [1.807, 2.05) is 54.6 Å². The first-order chi connectivity index (χ1) is 14.8. The molecule has 0 saturated carbocycles. The molecule has 0 aliphatic heterocycles. The Kier molecular flexibility index (Phi) is 7.08. The second-order valence-electron chi connectivity index (χ2n) is 8.33. The fraction of sp³-hybridized carbons (Fsp3) is 0.231. The van der Waals surface area contributed by atoms with Crippen LogP contribution < -0.4 is 15.4 Å². The molecule has 3 rings (SSSR count). The fourth-order valence-electron chi connectivity index (χ4n) is 3.05. The van der Waals surface area contributed by atoms with Gasteiger partial charge in [-0.1, -0.05) is 75.4 Å². The minimum Gasteiger partial charge on any atom is -0.483 e.